The second-order valence-corrected chi connectivity index (χ2v) is 4.55. The van der Waals surface area contributed by atoms with E-state index >= 15 is 0 Å². The van der Waals surface area contributed by atoms with E-state index in [1.807, 2.05) is 30.3 Å². The van der Waals surface area contributed by atoms with Gasteiger partial charge in [-0.05, 0) is 12.1 Å². The maximum absolute atomic E-state index is 11.7. The van der Waals surface area contributed by atoms with Crippen LogP contribution in [0.15, 0.2) is 70.3 Å². The fraction of sp³-hybridized carbons (Fsp3) is 0. The van der Waals surface area contributed by atoms with Gasteiger partial charge >= 0.3 is 6.09 Å². The van der Waals surface area contributed by atoms with Crippen LogP contribution in [0, 0.1) is 10.1 Å². The van der Waals surface area contributed by atoms with E-state index in [1.54, 1.807) is 0 Å². The lowest BCUT2D eigenvalue weighted by atomic mass is 10.3. The molecular formula is C15H10N4O5. The molecule has 0 unspecified atom stereocenters. The molecule has 9 heteroatoms. The zero-order valence-electron chi connectivity index (χ0n) is 12.1. The number of hydrogen-bond acceptors (Lipinski definition) is 5. The number of para-hydroxylation sites is 1. The van der Waals surface area contributed by atoms with Gasteiger partial charge in [0.05, 0.1) is 4.92 Å². The minimum atomic E-state index is -0.930. The molecule has 3 aromatic rings. The van der Waals surface area contributed by atoms with E-state index in [1.165, 1.54) is 35.1 Å². The van der Waals surface area contributed by atoms with E-state index in [-0.39, 0.29) is 17.0 Å². The van der Waals surface area contributed by atoms with Gasteiger partial charge in [-0.1, -0.05) is 18.2 Å². The Morgan fingerprint density at radius 2 is 1.88 bits per heavy atom. The molecule has 0 saturated heterocycles. The van der Waals surface area contributed by atoms with Crippen LogP contribution in [0.4, 0.5) is 10.5 Å². The molecule has 0 aliphatic heterocycles. The number of non-ortho nitro benzene ring substituents is 1. The Labute approximate surface area is 134 Å². The molecule has 0 aliphatic rings. The van der Waals surface area contributed by atoms with Crippen LogP contribution in [0.1, 0.15) is 0 Å². The zero-order chi connectivity index (χ0) is 16.9. The van der Waals surface area contributed by atoms with Gasteiger partial charge < -0.3 is 9.26 Å². The number of aromatic nitrogens is 2. The summed E-state index contributed by atoms with van der Waals surface area (Å²) in [5, 5.41) is 14.3. The van der Waals surface area contributed by atoms with Crippen molar-refractivity contribution < 1.29 is 23.7 Å². The molecule has 1 amide bonds. The normalized spacial score (nSPS) is 11.2. The summed E-state index contributed by atoms with van der Waals surface area (Å²) in [6.07, 6.45) is 0.493. The SMILES string of the molecule is O=C(/N=c1/c[n+](-c2ccccc2)[n-]o1)Oc1ccc([N+](=O)[O-])cc1. The standard InChI is InChI=1S/C15H10N4O5/c20-15(23-13-8-6-12(7-9-13)19(21)22)16-14-10-18(17-24-14)11-4-2-1-3-5-11/h1-10H/b16-14-. The molecule has 0 N–H and O–H groups in total. The molecule has 24 heavy (non-hydrogen) atoms. The Balaban J connectivity index is 1.73. The first kappa shape index (κ1) is 15.2. The van der Waals surface area contributed by atoms with Gasteiger partial charge in [0, 0.05) is 24.3 Å². The van der Waals surface area contributed by atoms with E-state index in [9.17, 15) is 14.9 Å². The van der Waals surface area contributed by atoms with Crippen molar-refractivity contribution in [3.8, 4) is 11.4 Å². The molecule has 120 valence electrons. The number of nitro groups is 1. The van der Waals surface area contributed by atoms with Crippen molar-refractivity contribution in [2.24, 2.45) is 4.99 Å². The second kappa shape index (κ2) is 6.57. The number of carbonyl (C=O) groups is 1. The van der Waals surface area contributed by atoms with Crippen molar-refractivity contribution >= 4 is 11.8 Å². The van der Waals surface area contributed by atoms with Gasteiger partial charge in [-0.2, -0.15) is 0 Å². The Morgan fingerprint density at radius 1 is 1.17 bits per heavy atom. The highest BCUT2D eigenvalue weighted by Gasteiger charge is 2.08. The van der Waals surface area contributed by atoms with Gasteiger partial charge in [0.2, 0.25) is 11.9 Å². The molecule has 0 fully saturated rings. The highest BCUT2D eigenvalue weighted by Crippen LogP contribution is 2.17. The second-order valence-electron chi connectivity index (χ2n) is 4.55. The van der Waals surface area contributed by atoms with Gasteiger partial charge in [-0.25, -0.2) is 9.48 Å². The number of amides is 1. The monoisotopic (exact) mass is 326 g/mol. The van der Waals surface area contributed by atoms with Gasteiger partial charge in [0.25, 0.3) is 11.2 Å². The molecule has 0 atom stereocenters. The molecule has 1 aromatic heterocycles. The summed E-state index contributed by atoms with van der Waals surface area (Å²) in [7, 11) is 0. The molecule has 0 aliphatic carbocycles. The first-order chi connectivity index (χ1) is 11.6. The molecule has 0 spiro atoms. The highest BCUT2D eigenvalue weighted by molar-refractivity contribution is 5.71. The van der Waals surface area contributed by atoms with Crippen LogP contribution in [-0.2, 0) is 0 Å². The van der Waals surface area contributed by atoms with Crippen molar-refractivity contribution in [2.75, 3.05) is 0 Å². The van der Waals surface area contributed by atoms with Crippen molar-refractivity contribution in [1.82, 2.24) is 5.27 Å². The van der Waals surface area contributed by atoms with Gasteiger partial charge in [-0.15, -0.1) is 4.99 Å². The van der Waals surface area contributed by atoms with Gasteiger partial charge in [-0.3, -0.25) is 15.4 Å². The fourth-order valence-electron chi connectivity index (χ4n) is 1.84. The summed E-state index contributed by atoms with van der Waals surface area (Å²) >= 11 is 0. The fourth-order valence-corrected chi connectivity index (χ4v) is 1.84. The quantitative estimate of drug-likeness (QED) is 0.410. The largest absolute Gasteiger partial charge is 0.486 e. The number of nitrogens with zero attached hydrogens (tertiary/aromatic N) is 4. The van der Waals surface area contributed by atoms with Crippen LogP contribution in [0.25, 0.3) is 5.69 Å². The maximum Gasteiger partial charge on any atom is 0.442 e. The molecule has 1 heterocycles. The first-order valence-electron chi connectivity index (χ1n) is 6.74. The van der Waals surface area contributed by atoms with Crippen molar-refractivity contribution in [3.05, 3.63) is 76.5 Å². The Kier molecular flexibility index (Phi) is 4.15. The smallest absolute Gasteiger partial charge is 0.442 e. The minimum Gasteiger partial charge on any atom is -0.486 e. The first-order valence-corrected chi connectivity index (χ1v) is 6.74. The summed E-state index contributed by atoms with van der Waals surface area (Å²) < 4.78 is 11.3. The van der Waals surface area contributed by atoms with Crippen LogP contribution in [-0.4, -0.2) is 11.0 Å². The van der Waals surface area contributed by atoms with E-state index < -0.39 is 11.0 Å². The molecule has 0 radical (unpaired) electrons. The van der Waals surface area contributed by atoms with Gasteiger partial charge in [0.1, 0.15) is 5.75 Å². The number of ether oxygens (including phenoxy) is 1. The number of nitro benzene ring substituents is 1. The topological polar surface area (TPSA) is 113 Å². The summed E-state index contributed by atoms with van der Waals surface area (Å²) in [5.41, 5.74) is 0.600. The van der Waals surface area contributed by atoms with Crippen molar-refractivity contribution in [2.45, 2.75) is 0 Å². The predicted molar refractivity (Wildman–Crippen MR) is 78.2 cm³/mol. The molecule has 3 rings (SSSR count). The maximum atomic E-state index is 11.7. The molecule has 0 saturated carbocycles. The lowest BCUT2D eigenvalue weighted by Crippen LogP contribution is -2.33. The summed E-state index contributed by atoms with van der Waals surface area (Å²) in [5.74, 6) is 0.129. The third kappa shape index (κ3) is 3.53. The molecule has 9 nitrogen and oxygen atoms in total. The van der Waals surface area contributed by atoms with E-state index in [2.05, 4.69) is 10.3 Å². The third-order valence-corrected chi connectivity index (χ3v) is 2.93. The third-order valence-electron chi connectivity index (χ3n) is 2.93. The average Bonchev–Trinajstić information content (AvgIpc) is 3.04. The zero-order valence-corrected chi connectivity index (χ0v) is 12.1. The van der Waals surface area contributed by atoms with Crippen LogP contribution in [0.2, 0.25) is 0 Å². The van der Waals surface area contributed by atoms with Crippen LogP contribution in [0.3, 0.4) is 0 Å². The minimum absolute atomic E-state index is 0.0363. The predicted octanol–water partition coefficient (Wildman–Crippen LogP) is 1.52. The number of carbonyl (C=O) groups excluding carboxylic acids is 1. The summed E-state index contributed by atoms with van der Waals surface area (Å²) in [4.78, 5) is 25.3. The van der Waals surface area contributed by atoms with Crippen molar-refractivity contribution in [1.29, 1.82) is 0 Å². The van der Waals surface area contributed by atoms with Crippen LogP contribution < -0.4 is 20.2 Å². The highest BCUT2D eigenvalue weighted by atomic mass is 16.6. The van der Waals surface area contributed by atoms with E-state index in [0.717, 1.165) is 5.69 Å². The number of rotatable bonds is 3. The number of hydrogen-bond donors (Lipinski definition) is 0. The average molecular weight is 326 g/mol. The molecule has 0 bridgehead atoms. The molecule has 2 aromatic carbocycles. The van der Waals surface area contributed by atoms with E-state index in [0.29, 0.717) is 0 Å². The van der Waals surface area contributed by atoms with Crippen LogP contribution in [0.5, 0.6) is 5.75 Å². The Bertz CT molecular complexity index is 928. The Morgan fingerprint density at radius 3 is 2.54 bits per heavy atom. The summed E-state index contributed by atoms with van der Waals surface area (Å²) in [6, 6.07) is 14.2. The van der Waals surface area contributed by atoms with E-state index in [4.69, 9.17) is 9.26 Å². The number of benzene rings is 2. The Hall–Kier alpha value is -3.75. The van der Waals surface area contributed by atoms with Crippen LogP contribution >= 0.6 is 0 Å². The lowest BCUT2D eigenvalue weighted by Gasteiger charge is -1.98. The molecular weight excluding hydrogens is 316 g/mol. The summed E-state index contributed by atoms with van der Waals surface area (Å²) in [6.45, 7) is 0. The van der Waals surface area contributed by atoms with Gasteiger partial charge in [0.15, 0.2) is 0 Å². The van der Waals surface area contributed by atoms with Crippen molar-refractivity contribution in [3.63, 3.8) is 0 Å². The lowest BCUT2D eigenvalue weighted by molar-refractivity contribution is -0.676.